The van der Waals surface area contributed by atoms with E-state index in [1.165, 1.54) is 5.56 Å². The molecule has 0 bridgehead atoms. The normalized spacial score (nSPS) is 12.7. The molecule has 0 aliphatic carbocycles. The lowest BCUT2D eigenvalue weighted by Gasteiger charge is -2.05. The smallest absolute Gasteiger partial charge is 0.0568 e. The summed E-state index contributed by atoms with van der Waals surface area (Å²) >= 11 is 0. The van der Waals surface area contributed by atoms with Gasteiger partial charge in [0.25, 0.3) is 0 Å². The van der Waals surface area contributed by atoms with Crippen LogP contribution in [0.3, 0.4) is 0 Å². The molecule has 3 nitrogen and oxygen atoms in total. The second-order valence-corrected chi connectivity index (χ2v) is 3.81. The van der Waals surface area contributed by atoms with Gasteiger partial charge in [-0.3, -0.25) is 4.68 Å². The van der Waals surface area contributed by atoms with Crippen LogP contribution in [0, 0.1) is 0 Å². The summed E-state index contributed by atoms with van der Waals surface area (Å²) < 4.78 is 1.80. The molecule has 2 rings (SSSR count). The Morgan fingerprint density at radius 2 is 1.87 bits per heavy atom. The Balaban J connectivity index is 2.31. The van der Waals surface area contributed by atoms with Crippen molar-refractivity contribution in [3.8, 4) is 11.1 Å². The zero-order valence-electron chi connectivity index (χ0n) is 9.01. The van der Waals surface area contributed by atoms with E-state index in [9.17, 15) is 0 Å². The molecule has 1 aromatic carbocycles. The van der Waals surface area contributed by atoms with Crippen molar-refractivity contribution < 1.29 is 0 Å². The monoisotopic (exact) mass is 201 g/mol. The molecule has 1 heterocycles. The van der Waals surface area contributed by atoms with Crippen LogP contribution in [0.4, 0.5) is 0 Å². The second-order valence-electron chi connectivity index (χ2n) is 3.81. The third-order valence-corrected chi connectivity index (χ3v) is 2.47. The van der Waals surface area contributed by atoms with Crippen LogP contribution >= 0.6 is 0 Å². The van der Waals surface area contributed by atoms with E-state index in [0.29, 0.717) is 0 Å². The molecule has 78 valence electrons. The highest BCUT2D eigenvalue weighted by Crippen LogP contribution is 2.20. The van der Waals surface area contributed by atoms with Gasteiger partial charge in [-0.05, 0) is 18.1 Å². The van der Waals surface area contributed by atoms with E-state index in [-0.39, 0.29) is 6.04 Å². The Kier molecular flexibility index (Phi) is 2.56. The van der Waals surface area contributed by atoms with Crippen molar-refractivity contribution in [2.24, 2.45) is 12.8 Å². The van der Waals surface area contributed by atoms with Gasteiger partial charge in [0, 0.05) is 24.8 Å². The van der Waals surface area contributed by atoms with E-state index in [1.807, 2.05) is 26.4 Å². The fraction of sp³-hybridized carbons (Fsp3) is 0.250. The summed E-state index contributed by atoms with van der Waals surface area (Å²) in [5, 5.41) is 4.14. The van der Waals surface area contributed by atoms with Crippen molar-refractivity contribution >= 4 is 0 Å². The molecule has 0 spiro atoms. The fourth-order valence-corrected chi connectivity index (χ4v) is 1.55. The van der Waals surface area contributed by atoms with Crippen molar-refractivity contribution in [2.75, 3.05) is 0 Å². The van der Waals surface area contributed by atoms with Crippen LogP contribution in [0.25, 0.3) is 11.1 Å². The molecule has 0 saturated heterocycles. The predicted molar refractivity (Wildman–Crippen MR) is 61.2 cm³/mol. The van der Waals surface area contributed by atoms with E-state index in [2.05, 4.69) is 29.4 Å². The van der Waals surface area contributed by atoms with Gasteiger partial charge in [-0.25, -0.2) is 0 Å². The molecule has 0 fully saturated rings. The van der Waals surface area contributed by atoms with E-state index in [4.69, 9.17) is 5.73 Å². The zero-order valence-corrected chi connectivity index (χ0v) is 9.01. The number of nitrogens with two attached hydrogens (primary N) is 1. The van der Waals surface area contributed by atoms with E-state index in [1.54, 1.807) is 4.68 Å². The van der Waals surface area contributed by atoms with E-state index < -0.39 is 0 Å². The van der Waals surface area contributed by atoms with Crippen LogP contribution in [0.2, 0.25) is 0 Å². The Bertz CT molecular complexity index is 440. The first-order valence-electron chi connectivity index (χ1n) is 5.01. The van der Waals surface area contributed by atoms with Gasteiger partial charge >= 0.3 is 0 Å². The van der Waals surface area contributed by atoms with Crippen LogP contribution in [-0.2, 0) is 7.05 Å². The number of hydrogen-bond acceptors (Lipinski definition) is 2. The fourth-order valence-electron chi connectivity index (χ4n) is 1.55. The minimum absolute atomic E-state index is 0.0907. The van der Waals surface area contributed by atoms with Crippen LogP contribution in [-0.4, -0.2) is 9.78 Å². The zero-order chi connectivity index (χ0) is 10.8. The first-order valence-corrected chi connectivity index (χ1v) is 5.01. The highest BCUT2D eigenvalue weighted by atomic mass is 15.2. The number of benzene rings is 1. The first-order chi connectivity index (χ1) is 7.16. The summed E-state index contributed by atoms with van der Waals surface area (Å²) in [7, 11) is 1.92. The van der Waals surface area contributed by atoms with Gasteiger partial charge in [0.1, 0.15) is 0 Å². The topological polar surface area (TPSA) is 43.8 Å². The number of rotatable bonds is 2. The summed E-state index contributed by atoms with van der Waals surface area (Å²) in [6, 6.07) is 8.37. The lowest BCUT2D eigenvalue weighted by molar-refractivity contribution is 0.768. The number of aryl methyl sites for hydroxylation is 1. The minimum Gasteiger partial charge on any atom is -0.324 e. The number of nitrogens with zero attached hydrogens (tertiary/aromatic N) is 2. The van der Waals surface area contributed by atoms with Gasteiger partial charge in [-0.15, -0.1) is 0 Å². The van der Waals surface area contributed by atoms with Gasteiger partial charge in [0.05, 0.1) is 6.20 Å². The van der Waals surface area contributed by atoms with E-state index in [0.717, 1.165) is 11.1 Å². The van der Waals surface area contributed by atoms with Crippen molar-refractivity contribution in [2.45, 2.75) is 13.0 Å². The lowest BCUT2D eigenvalue weighted by Crippen LogP contribution is -2.04. The molecule has 2 aromatic rings. The maximum atomic E-state index is 5.79. The molecule has 1 atom stereocenters. The maximum absolute atomic E-state index is 5.79. The van der Waals surface area contributed by atoms with Gasteiger partial charge in [0.2, 0.25) is 0 Å². The predicted octanol–water partition coefficient (Wildman–Crippen LogP) is 2.11. The van der Waals surface area contributed by atoms with Crippen molar-refractivity contribution in [1.82, 2.24) is 9.78 Å². The summed E-state index contributed by atoms with van der Waals surface area (Å²) in [5.41, 5.74) is 9.25. The van der Waals surface area contributed by atoms with Crippen molar-refractivity contribution in [3.63, 3.8) is 0 Å². The lowest BCUT2D eigenvalue weighted by atomic mass is 10.0. The van der Waals surface area contributed by atoms with Gasteiger partial charge < -0.3 is 5.73 Å². The molecule has 2 N–H and O–H groups in total. The molecule has 0 saturated carbocycles. The van der Waals surface area contributed by atoms with Crippen LogP contribution in [0.5, 0.6) is 0 Å². The second kappa shape index (κ2) is 3.87. The largest absolute Gasteiger partial charge is 0.324 e. The van der Waals surface area contributed by atoms with Crippen LogP contribution < -0.4 is 5.73 Å². The minimum atomic E-state index is 0.0907. The molecule has 0 aliphatic rings. The quantitative estimate of drug-likeness (QED) is 0.808. The third-order valence-electron chi connectivity index (χ3n) is 2.47. The standard InChI is InChI=1S/C12H15N3/c1-9(13)10-3-5-11(6-4-10)12-7-14-15(2)8-12/h3-9H,13H2,1-2H3/t9-/m0/s1. The molecular weight excluding hydrogens is 186 g/mol. The molecule has 0 amide bonds. The number of aromatic nitrogens is 2. The van der Waals surface area contributed by atoms with Gasteiger partial charge in [-0.1, -0.05) is 24.3 Å². The molecule has 1 aromatic heterocycles. The SMILES string of the molecule is C[C@H](N)c1ccc(-c2cnn(C)c2)cc1. The summed E-state index contributed by atoms with van der Waals surface area (Å²) in [5.74, 6) is 0. The Labute approximate surface area is 89.5 Å². The average Bonchev–Trinajstić information content (AvgIpc) is 2.65. The molecule has 0 aliphatic heterocycles. The molecule has 15 heavy (non-hydrogen) atoms. The highest BCUT2D eigenvalue weighted by Gasteiger charge is 2.02. The van der Waals surface area contributed by atoms with Crippen LogP contribution in [0.1, 0.15) is 18.5 Å². The van der Waals surface area contributed by atoms with Gasteiger partial charge in [0.15, 0.2) is 0 Å². The summed E-state index contributed by atoms with van der Waals surface area (Å²) in [6.45, 7) is 1.99. The first kappa shape index (κ1) is 9.93. The number of hydrogen-bond donors (Lipinski definition) is 1. The molecular formula is C12H15N3. The van der Waals surface area contributed by atoms with Gasteiger partial charge in [-0.2, -0.15) is 5.10 Å². The van der Waals surface area contributed by atoms with E-state index >= 15 is 0 Å². The van der Waals surface area contributed by atoms with Crippen molar-refractivity contribution in [1.29, 1.82) is 0 Å². The molecule has 3 heteroatoms. The average molecular weight is 201 g/mol. The Morgan fingerprint density at radius 3 is 2.33 bits per heavy atom. The Hall–Kier alpha value is -1.61. The highest BCUT2D eigenvalue weighted by molar-refractivity contribution is 5.61. The van der Waals surface area contributed by atoms with Crippen LogP contribution in [0.15, 0.2) is 36.7 Å². The summed E-state index contributed by atoms with van der Waals surface area (Å²) in [6.07, 6.45) is 3.86. The Morgan fingerprint density at radius 1 is 1.20 bits per heavy atom. The van der Waals surface area contributed by atoms with Crippen molar-refractivity contribution in [3.05, 3.63) is 42.2 Å². The maximum Gasteiger partial charge on any atom is 0.0568 e. The molecule has 0 radical (unpaired) electrons. The summed E-state index contributed by atoms with van der Waals surface area (Å²) in [4.78, 5) is 0. The third kappa shape index (κ3) is 2.07. The molecule has 0 unspecified atom stereocenters.